The van der Waals surface area contributed by atoms with Gasteiger partial charge in [-0.15, -0.1) is 0 Å². The second-order valence-corrected chi connectivity index (χ2v) is 10.8. The minimum absolute atomic E-state index is 0.0737. The van der Waals surface area contributed by atoms with Gasteiger partial charge in [-0.05, 0) is 67.6 Å². The Labute approximate surface area is 236 Å². The van der Waals surface area contributed by atoms with Crippen molar-refractivity contribution in [2.24, 2.45) is 10.9 Å². The lowest BCUT2D eigenvalue weighted by Gasteiger charge is -2.15. The van der Waals surface area contributed by atoms with Gasteiger partial charge in [0.2, 0.25) is 11.8 Å². The number of halogens is 2. The number of methoxy groups -OCH3 is 1. The molecule has 0 aliphatic carbocycles. The van der Waals surface area contributed by atoms with E-state index >= 15 is 0 Å². The molecule has 0 bridgehead atoms. The van der Waals surface area contributed by atoms with Gasteiger partial charge in [0, 0.05) is 13.6 Å². The van der Waals surface area contributed by atoms with Crippen LogP contribution in [0.4, 0.5) is 4.39 Å². The molecule has 0 saturated carbocycles. The second-order valence-electron chi connectivity index (χ2n) is 8.74. The standard InChI is InChI=1S/C27H29ClFN5O5S/c1-6-17(25(35)30-3)14-34-15-32-22-9-7-18(12-20(22)27(34)36)16(2)11-23(26(31-4)39-5)33-40(37,38)24-10-8-19(29)13-21(24)28/h7-13,15,17,33H,4,6,14H2,1-3,5H3,(H,30,35)/b16-11+,26-23-/t17-/m1/s1. The summed E-state index contributed by atoms with van der Waals surface area (Å²) in [6.45, 7) is 7.15. The first-order valence-electron chi connectivity index (χ1n) is 12.1. The Kier molecular flexibility index (Phi) is 9.83. The Morgan fingerprint density at radius 2 is 2.02 bits per heavy atom. The number of nitrogens with one attached hydrogen (secondary N) is 2. The molecular weight excluding hydrogens is 561 g/mol. The van der Waals surface area contributed by atoms with Crippen LogP contribution in [0.5, 0.6) is 0 Å². The normalized spacial score (nSPS) is 13.4. The number of hydrogen-bond donors (Lipinski definition) is 2. The number of nitrogens with zero attached hydrogens (tertiary/aromatic N) is 3. The van der Waals surface area contributed by atoms with E-state index in [9.17, 15) is 22.4 Å². The Balaban J connectivity index is 2.06. The number of carbonyl (C=O) groups is 1. The summed E-state index contributed by atoms with van der Waals surface area (Å²) in [6, 6.07) is 7.92. The van der Waals surface area contributed by atoms with Crippen LogP contribution in [0.3, 0.4) is 0 Å². The van der Waals surface area contributed by atoms with Crippen molar-refractivity contribution in [3.8, 4) is 0 Å². The maximum atomic E-state index is 13.5. The predicted octanol–water partition coefficient (Wildman–Crippen LogP) is 3.86. The van der Waals surface area contributed by atoms with Gasteiger partial charge in [0.05, 0.1) is 35.3 Å². The molecule has 1 amide bonds. The van der Waals surface area contributed by atoms with Crippen molar-refractivity contribution >= 4 is 50.7 Å². The zero-order chi connectivity index (χ0) is 29.6. The highest BCUT2D eigenvalue weighted by molar-refractivity contribution is 7.89. The summed E-state index contributed by atoms with van der Waals surface area (Å²) in [6.07, 6.45) is 3.41. The SMILES string of the molecule is C=N/C(OC)=C(\C=C(/C)c1ccc2ncn(C[C@@H](CC)C(=O)NC)c(=O)c2c1)NS(=O)(=O)c1ccc(F)cc1Cl. The molecule has 3 aromatic rings. The van der Waals surface area contributed by atoms with Gasteiger partial charge in [0.25, 0.3) is 15.6 Å². The van der Waals surface area contributed by atoms with E-state index in [-0.39, 0.29) is 39.5 Å². The summed E-state index contributed by atoms with van der Waals surface area (Å²) in [5.74, 6) is -1.40. The maximum Gasteiger partial charge on any atom is 0.263 e. The van der Waals surface area contributed by atoms with Gasteiger partial charge < -0.3 is 10.1 Å². The summed E-state index contributed by atoms with van der Waals surface area (Å²) in [4.78, 5) is 33.2. The molecule has 10 nitrogen and oxygen atoms in total. The molecule has 0 aliphatic rings. The third-order valence-corrected chi connectivity index (χ3v) is 8.01. The van der Waals surface area contributed by atoms with Crippen LogP contribution >= 0.6 is 11.6 Å². The van der Waals surface area contributed by atoms with Crippen LogP contribution in [0.2, 0.25) is 5.02 Å². The first-order chi connectivity index (χ1) is 18.9. The van der Waals surface area contributed by atoms with Gasteiger partial charge in [-0.1, -0.05) is 24.6 Å². The fourth-order valence-corrected chi connectivity index (χ4v) is 5.54. The van der Waals surface area contributed by atoms with Crippen LogP contribution in [0.25, 0.3) is 16.5 Å². The fraction of sp³-hybridized carbons (Fsp3) is 0.259. The van der Waals surface area contributed by atoms with E-state index in [2.05, 4.69) is 26.7 Å². The molecule has 2 N–H and O–H groups in total. The van der Waals surface area contributed by atoms with Crippen LogP contribution in [0, 0.1) is 11.7 Å². The molecule has 1 aromatic heterocycles. The highest BCUT2D eigenvalue weighted by Gasteiger charge is 2.22. The van der Waals surface area contributed by atoms with Gasteiger partial charge in [0.1, 0.15) is 16.4 Å². The Morgan fingerprint density at radius 1 is 1.30 bits per heavy atom. The monoisotopic (exact) mass is 589 g/mol. The summed E-state index contributed by atoms with van der Waals surface area (Å²) < 4.78 is 48.6. The molecule has 212 valence electrons. The average Bonchev–Trinajstić information content (AvgIpc) is 2.92. The number of amides is 1. The van der Waals surface area contributed by atoms with Crippen LogP contribution in [0.15, 0.2) is 75.1 Å². The Hall–Kier alpha value is -4.03. The molecule has 1 heterocycles. The lowest BCUT2D eigenvalue weighted by molar-refractivity contribution is -0.125. The molecule has 1 atom stereocenters. The number of hydrogen-bond acceptors (Lipinski definition) is 7. The molecule has 0 unspecified atom stereocenters. The molecule has 0 radical (unpaired) electrons. The van der Waals surface area contributed by atoms with Crippen LogP contribution in [-0.2, 0) is 26.1 Å². The zero-order valence-electron chi connectivity index (χ0n) is 22.4. The second kappa shape index (κ2) is 12.9. The van der Waals surface area contributed by atoms with Gasteiger partial charge in [-0.3, -0.25) is 18.9 Å². The molecule has 3 rings (SSSR count). The van der Waals surface area contributed by atoms with Crippen LogP contribution in [0.1, 0.15) is 25.8 Å². The minimum Gasteiger partial charge on any atom is -0.480 e. The Bertz CT molecular complexity index is 1680. The summed E-state index contributed by atoms with van der Waals surface area (Å²) in [7, 11) is -1.45. The molecular formula is C27H29ClFN5O5S. The lowest BCUT2D eigenvalue weighted by Crippen LogP contribution is -2.33. The fourth-order valence-electron chi connectivity index (χ4n) is 3.96. The minimum atomic E-state index is -4.29. The lowest BCUT2D eigenvalue weighted by atomic mass is 10.0. The van der Waals surface area contributed by atoms with Crippen molar-refractivity contribution in [2.45, 2.75) is 31.7 Å². The van der Waals surface area contributed by atoms with Crippen molar-refractivity contribution < 1.29 is 22.3 Å². The maximum absolute atomic E-state index is 13.5. The van der Waals surface area contributed by atoms with Gasteiger partial charge in [0.15, 0.2) is 0 Å². The molecule has 0 saturated heterocycles. The molecule has 13 heteroatoms. The highest BCUT2D eigenvalue weighted by Crippen LogP contribution is 2.25. The largest absolute Gasteiger partial charge is 0.480 e. The number of carbonyl (C=O) groups excluding carboxylic acids is 1. The first-order valence-corrected chi connectivity index (χ1v) is 13.9. The number of rotatable bonds is 11. The topological polar surface area (TPSA) is 132 Å². The molecule has 2 aromatic carbocycles. The van der Waals surface area contributed by atoms with E-state index in [0.29, 0.717) is 28.5 Å². The third kappa shape index (κ3) is 6.75. The van der Waals surface area contributed by atoms with E-state index < -0.39 is 21.8 Å². The van der Waals surface area contributed by atoms with E-state index in [1.165, 1.54) is 24.1 Å². The highest BCUT2D eigenvalue weighted by atomic mass is 35.5. The van der Waals surface area contributed by atoms with Crippen molar-refractivity contribution in [3.63, 3.8) is 0 Å². The number of aliphatic imine (C=N–C) groups is 1. The molecule has 0 fully saturated rings. The van der Waals surface area contributed by atoms with Crippen LogP contribution < -0.4 is 15.6 Å². The zero-order valence-corrected chi connectivity index (χ0v) is 23.9. The van der Waals surface area contributed by atoms with E-state index in [0.717, 1.165) is 18.2 Å². The van der Waals surface area contributed by atoms with Gasteiger partial charge >= 0.3 is 0 Å². The van der Waals surface area contributed by atoms with E-state index in [1.807, 2.05) is 6.92 Å². The van der Waals surface area contributed by atoms with E-state index in [1.54, 1.807) is 32.2 Å². The summed E-state index contributed by atoms with van der Waals surface area (Å²) in [5, 5.41) is 2.61. The molecule has 0 aliphatic heterocycles. The van der Waals surface area contributed by atoms with Crippen LogP contribution in [-0.4, -0.2) is 44.8 Å². The molecule has 40 heavy (non-hydrogen) atoms. The number of fused-ring (bicyclic) bond motifs is 1. The third-order valence-electron chi connectivity index (χ3n) is 6.16. The Morgan fingerprint density at radius 3 is 2.62 bits per heavy atom. The number of allylic oxidation sites excluding steroid dienone is 2. The molecule has 0 spiro atoms. The number of benzene rings is 2. The quantitative estimate of drug-likeness (QED) is 0.198. The smallest absolute Gasteiger partial charge is 0.263 e. The van der Waals surface area contributed by atoms with Gasteiger partial charge in [-0.2, -0.15) is 0 Å². The summed E-state index contributed by atoms with van der Waals surface area (Å²) in [5.41, 5.74) is 1.18. The van der Waals surface area contributed by atoms with Gasteiger partial charge in [-0.25, -0.2) is 22.8 Å². The van der Waals surface area contributed by atoms with Crippen molar-refractivity contribution in [2.75, 3.05) is 14.2 Å². The number of sulfonamides is 1. The predicted molar refractivity (Wildman–Crippen MR) is 153 cm³/mol. The van der Waals surface area contributed by atoms with Crippen molar-refractivity contribution in [3.05, 3.63) is 87.1 Å². The van der Waals surface area contributed by atoms with Crippen molar-refractivity contribution in [1.82, 2.24) is 19.6 Å². The van der Waals surface area contributed by atoms with E-state index in [4.69, 9.17) is 16.3 Å². The van der Waals surface area contributed by atoms with Crippen molar-refractivity contribution in [1.29, 1.82) is 0 Å². The number of aromatic nitrogens is 2. The number of ether oxygens (including phenoxy) is 1. The summed E-state index contributed by atoms with van der Waals surface area (Å²) >= 11 is 5.98. The first kappa shape index (κ1) is 30.5. The average molecular weight is 590 g/mol.